The monoisotopic (exact) mass is 189 g/mol. The van der Waals surface area contributed by atoms with Gasteiger partial charge < -0.3 is 5.73 Å². The van der Waals surface area contributed by atoms with Gasteiger partial charge in [0.15, 0.2) is 0 Å². The lowest BCUT2D eigenvalue weighted by molar-refractivity contribution is 0.663. The maximum Gasteiger partial charge on any atom is 0.115 e. The quantitative estimate of drug-likeness (QED) is 0.753. The smallest absolute Gasteiger partial charge is 0.115 e. The van der Waals surface area contributed by atoms with Crippen LogP contribution in [0.5, 0.6) is 0 Å². The van der Waals surface area contributed by atoms with Crippen LogP contribution >= 0.6 is 0 Å². The molecule has 0 saturated heterocycles. The van der Waals surface area contributed by atoms with Crippen molar-refractivity contribution in [2.24, 2.45) is 5.73 Å². The van der Waals surface area contributed by atoms with E-state index in [0.29, 0.717) is 0 Å². The minimum absolute atomic E-state index is 0.233. The molecule has 2 aliphatic carbocycles. The molecule has 2 N–H and O–H groups in total. The van der Waals surface area contributed by atoms with Gasteiger partial charge in [0.2, 0.25) is 0 Å². The van der Waals surface area contributed by atoms with Crippen molar-refractivity contribution in [3.05, 3.63) is 23.3 Å². The van der Waals surface area contributed by atoms with Crippen LogP contribution in [0.3, 0.4) is 0 Å². The van der Waals surface area contributed by atoms with E-state index in [1.165, 1.54) is 36.2 Å². The summed E-state index contributed by atoms with van der Waals surface area (Å²) in [6, 6.07) is 0. The normalized spacial score (nSPS) is 22.1. The van der Waals surface area contributed by atoms with Crippen LogP contribution < -0.4 is 5.73 Å². The number of aromatic nitrogens is 2. The molecule has 0 spiro atoms. The maximum atomic E-state index is 5.83. The molecule has 0 unspecified atom stereocenters. The van der Waals surface area contributed by atoms with Crippen molar-refractivity contribution < 1.29 is 0 Å². The number of aryl methyl sites for hydroxylation is 1. The van der Waals surface area contributed by atoms with Crippen LogP contribution in [-0.2, 0) is 18.3 Å². The van der Waals surface area contributed by atoms with Crippen molar-refractivity contribution in [1.29, 1.82) is 0 Å². The number of nitrogens with two attached hydrogens (primary N) is 1. The van der Waals surface area contributed by atoms with Crippen molar-refractivity contribution in [1.82, 2.24) is 9.97 Å². The molecule has 74 valence electrons. The standard InChI is InChI=1S/C11H15N3/c12-6-11(4-5-11)10-8-2-1-3-9(8)13-7-14-10/h7H,1-6,12H2. The summed E-state index contributed by atoms with van der Waals surface area (Å²) < 4.78 is 0. The van der Waals surface area contributed by atoms with E-state index in [2.05, 4.69) is 9.97 Å². The molecule has 1 aromatic rings. The van der Waals surface area contributed by atoms with Crippen LogP contribution in [0.1, 0.15) is 36.2 Å². The van der Waals surface area contributed by atoms with Crippen LogP contribution in [0.25, 0.3) is 0 Å². The summed E-state index contributed by atoms with van der Waals surface area (Å²) in [5.41, 5.74) is 10.0. The summed E-state index contributed by atoms with van der Waals surface area (Å²) in [4.78, 5) is 8.81. The lowest BCUT2D eigenvalue weighted by Crippen LogP contribution is -2.23. The van der Waals surface area contributed by atoms with Crippen molar-refractivity contribution in [3.63, 3.8) is 0 Å². The van der Waals surface area contributed by atoms with Gasteiger partial charge in [0.1, 0.15) is 6.33 Å². The molecule has 0 bridgehead atoms. The molecular formula is C11H15N3. The SMILES string of the molecule is NCC1(c2ncnc3c2CCC3)CC1. The highest BCUT2D eigenvalue weighted by atomic mass is 14.9. The molecule has 3 nitrogen and oxygen atoms in total. The zero-order valence-electron chi connectivity index (χ0n) is 8.29. The van der Waals surface area contributed by atoms with Crippen LogP contribution in [-0.4, -0.2) is 16.5 Å². The summed E-state index contributed by atoms with van der Waals surface area (Å²) >= 11 is 0. The average molecular weight is 189 g/mol. The van der Waals surface area contributed by atoms with Gasteiger partial charge in [-0.15, -0.1) is 0 Å². The first-order valence-corrected chi connectivity index (χ1v) is 5.39. The van der Waals surface area contributed by atoms with Crippen molar-refractivity contribution in [2.45, 2.75) is 37.5 Å². The predicted molar refractivity (Wildman–Crippen MR) is 54.0 cm³/mol. The van der Waals surface area contributed by atoms with Gasteiger partial charge in [-0.3, -0.25) is 0 Å². The summed E-state index contributed by atoms with van der Waals surface area (Å²) in [7, 11) is 0. The lowest BCUT2D eigenvalue weighted by Gasteiger charge is -2.14. The third-order valence-corrected chi connectivity index (χ3v) is 3.62. The van der Waals surface area contributed by atoms with Gasteiger partial charge in [-0.05, 0) is 37.7 Å². The van der Waals surface area contributed by atoms with Crippen LogP contribution in [0.4, 0.5) is 0 Å². The Morgan fingerprint density at radius 3 is 2.86 bits per heavy atom. The largest absolute Gasteiger partial charge is 0.330 e. The highest BCUT2D eigenvalue weighted by molar-refractivity contribution is 5.38. The van der Waals surface area contributed by atoms with E-state index in [0.717, 1.165) is 19.4 Å². The maximum absolute atomic E-state index is 5.83. The molecule has 0 atom stereocenters. The molecule has 0 aromatic carbocycles. The molecule has 1 saturated carbocycles. The van der Waals surface area contributed by atoms with Crippen molar-refractivity contribution >= 4 is 0 Å². The number of fused-ring (bicyclic) bond motifs is 1. The summed E-state index contributed by atoms with van der Waals surface area (Å²) in [5.74, 6) is 0. The Bertz CT molecular complexity index is 369. The van der Waals surface area contributed by atoms with E-state index in [9.17, 15) is 0 Å². The number of rotatable bonds is 2. The minimum Gasteiger partial charge on any atom is -0.330 e. The van der Waals surface area contributed by atoms with Crippen molar-refractivity contribution in [2.75, 3.05) is 6.54 Å². The Morgan fingerprint density at radius 2 is 2.14 bits per heavy atom. The second-order valence-corrected chi connectivity index (χ2v) is 4.49. The van der Waals surface area contributed by atoms with Crippen LogP contribution in [0, 0.1) is 0 Å². The molecule has 2 aliphatic rings. The fourth-order valence-corrected chi connectivity index (χ4v) is 2.51. The highest BCUT2D eigenvalue weighted by Gasteiger charge is 2.46. The van der Waals surface area contributed by atoms with Gasteiger partial charge in [0, 0.05) is 17.7 Å². The van der Waals surface area contributed by atoms with Gasteiger partial charge in [0.05, 0.1) is 5.69 Å². The molecule has 1 aromatic heterocycles. The first-order valence-electron chi connectivity index (χ1n) is 5.39. The third kappa shape index (κ3) is 1.02. The van der Waals surface area contributed by atoms with Gasteiger partial charge >= 0.3 is 0 Å². The van der Waals surface area contributed by atoms with E-state index < -0.39 is 0 Å². The van der Waals surface area contributed by atoms with Gasteiger partial charge in [-0.1, -0.05) is 0 Å². The zero-order chi connectivity index (χ0) is 9.60. The Kier molecular flexibility index (Phi) is 1.65. The number of nitrogens with zero attached hydrogens (tertiary/aromatic N) is 2. The van der Waals surface area contributed by atoms with E-state index in [1.807, 2.05) is 0 Å². The Labute approximate surface area is 83.8 Å². The molecule has 14 heavy (non-hydrogen) atoms. The summed E-state index contributed by atoms with van der Waals surface area (Å²) in [6.07, 6.45) is 7.68. The highest BCUT2D eigenvalue weighted by Crippen LogP contribution is 2.48. The van der Waals surface area contributed by atoms with Crippen molar-refractivity contribution in [3.8, 4) is 0 Å². The number of hydrogen-bond donors (Lipinski definition) is 1. The molecule has 0 amide bonds. The van der Waals surface area contributed by atoms with E-state index in [4.69, 9.17) is 5.73 Å². The fourth-order valence-electron chi connectivity index (χ4n) is 2.51. The number of hydrogen-bond acceptors (Lipinski definition) is 3. The molecular weight excluding hydrogens is 174 g/mol. The van der Waals surface area contributed by atoms with Gasteiger partial charge in [0.25, 0.3) is 0 Å². The minimum atomic E-state index is 0.233. The first-order chi connectivity index (χ1) is 6.86. The lowest BCUT2D eigenvalue weighted by atomic mass is 9.97. The second-order valence-electron chi connectivity index (χ2n) is 4.49. The summed E-state index contributed by atoms with van der Waals surface area (Å²) in [5, 5.41) is 0. The van der Waals surface area contributed by atoms with Crippen LogP contribution in [0.15, 0.2) is 6.33 Å². The fraction of sp³-hybridized carbons (Fsp3) is 0.636. The Hall–Kier alpha value is -0.960. The zero-order valence-corrected chi connectivity index (χ0v) is 8.29. The molecule has 0 aliphatic heterocycles. The van der Waals surface area contributed by atoms with E-state index in [1.54, 1.807) is 6.33 Å². The molecule has 1 fully saturated rings. The summed E-state index contributed by atoms with van der Waals surface area (Å²) in [6.45, 7) is 0.746. The van der Waals surface area contributed by atoms with Crippen LogP contribution in [0.2, 0.25) is 0 Å². The molecule has 3 heteroatoms. The average Bonchev–Trinajstić information content (AvgIpc) is 2.87. The third-order valence-electron chi connectivity index (χ3n) is 3.62. The molecule has 3 rings (SSSR count). The first kappa shape index (κ1) is 8.36. The second kappa shape index (κ2) is 2.76. The Morgan fingerprint density at radius 1 is 1.29 bits per heavy atom. The topological polar surface area (TPSA) is 51.8 Å². The predicted octanol–water partition coefficient (Wildman–Crippen LogP) is 0.956. The van der Waals surface area contributed by atoms with Gasteiger partial charge in [-0.2, -0.15) is 0 Å². The van der Waals surface area contributed by atoms with E-state index >= 15 is 0 Å². The van der Waals surface area contributed by atoms with E-state index in [-0.39, 0.29) is 5.41 Å². The van der Waals surface area contributed by atoms with Gasteiger partial charge in [-0.25, -0.2) is 9.97 Å². The molecule has 0 radical (unpaired) electrons. The Balaban J connectivity index is 2.10. The molecule has 1 heterocycles.